The van der Waals surface area contributed by atoms with Crippen LogP contribution in [-0.2, 0) is 9.59 Å². The van der Waals surface area contributed by atoms with E-state index in [4.69, 9.17) is 9.84 Å². The Kier molecular flexibility index (Phi) is 6.72. The van der Waals surface area contributed by atoms with Gasteiger partial charge in [-0.25, -0.2) is 4.68 Å². The number of halogens is 1. The average molecular weight is 531 g/mol. The molecule has 7 nitrogen and oxygen atoms in total. The third-order valence-electron chi connectivity index (χ3n) is 5.78. The summed E-state index contributed by atoms with van der Waals surface area (Å²) in [4.78, 5) is 27.2. The largest absolute Gasteiger partial charge is 0.496 e. The van der Waals surface area contributed by atoms with Gasteiger partial charge in [-0.3, -0.25) is 14.5 Å². The Balaban J connectivity index is 1.95. The maximum Gasteiger partial charge on any atom is 0.271 e. The van der Waals surface area contributed by atoms with Crippen LogP contribution < -0.4 is 4.74 Å². The number of carbonyl (C=O) groups is 2. The minimum atomic E-state index is -0.568. The van der Waals surface area contributed by atoms with Crippen LogP contribution in [0.25, 0.3) is 23.0 Å². The number of aromatic nitrogens is 2. The fraction of sp³-hybridized carbons (Fsp3) is 0.185. The molecule has 3 aromatic rings. The van der Waals surface area contributed by atoms with E-state index >= 15 is 0 Å². The Morgan fingerprint density at radius 1 is 1.11 bits per heavy atom. The van der Waals surface area contributed by atoms with Crippen molar-refractivity contribution in [2.24, 2.45) is 0 Å². The molecule has 0 saturated carbocycles. The number of nitrogens with zero attached hydrogens (tertiary/aromatic N) is 4. The molecular weight excluding hydrogens is 508 g/mol. The van der Waals surface area contributed by atoms with Crippen LogP contribution in [0.1, 0.15) is 26.3 Å². The van der Waals surface area contributed by atoms with Crippen LogP contribution in [0.5, 0.6) is 5.75 Å². The van der Waals surface area contributed by atoms with Gasteiger partial charge in [-0.1, -0.05) is 18.2 Å². The molecule has 1 aliphatic heterocycles. The maximum absolute atomic E-state index is 13.4. The monoisotopic (exact) mass is 530 g/mol. The first-order chi connectivity index (χ1) is 16.8. The minimum Gasteiger partial charge on any atom is -0.496 e. The van der Waals surface area contributed by atoms with Crippen LogP contribution in [0, 0.1) is 11.3 Å². The maximum atomic E-state index is 13.4. The standard InChI is InChI=1S/C27H23BrN4O3/c1-16(2)32-26(33)21(17(3)22(14-29)27(32)34)12-19-15-31(20-8-6-5-7-9-20)30-25(19)18-10-11-24(35-4)23(28)13-18/h5-13,15-16H,1-4H3/b21-12+. The molecule has 1 aromatic heterocycles. The van der Waals surface area contributed by atoms with Gasteiger partial charge in [0.2, 0.25) is 0 Å². The molecule has 176 valence electrons. The molecule has 0 aliphatic carbocycles. The van der Waals surface area contributed by atoms with Gasteiger partial charge in [-0.05, 0) is 78.7 Å². The highest BCUT2D eigenvalue weighted by molar-refractivity contribution is 9.10. The third kappa shape index (κ3) is 4.43. The van der Waals surface area contributed by atoms with Gasteiger partial charge in [-0.15, -0.1) is 0 Å². The van der Waals surface area contributed by atoms with Crippen LogP contribution in [0.15, 0.2) is 75.9 Å². The van der Waals surface area contributed by atoms with Gasteiger partial charge >= 0.3 is 0 Å². The van der Waals surface area contributed by atoms with Gasteiger partial charge < -0.3 is 4.74 Å². The van der Waals surface area contributed by atoms with Gasteiger partial charge in [0.25, 0.3) is 11.8 Å². The van der Waals surface area contributed by atoms with E-state index in [1.807, 2.05) is 60.8 Å². The van der Waals surface area contributed by atoms with Crippen molar-refractivity contribution < 1.29 is 14.3 Å². The zero-order chi connectivity index (χ0) is 25.3. The Bertz CT molecular complexity index is 1430. The zero-order valence-electron chi connectivity index (χ0n) is 19.7. The van der Waals surface area contributed by atoms with E-state index < -0.39 is 11.8 Å². The highest BCUT2D eigenvalue weighted by Crippen LogP contribution is 2.34. The Morgan fingerprint density at radius 3 is 2.43 bits per heavy atom. The summed E-state index contributed by atoms with van der Waals surface area (Å²) in [5, 5.41) is 14.4. The molecule has 0 radical (unpaired) electrons. The number of methoxy groups -OCH3 is 1. The minimum absolute atomic E-state index is 0.0336. The fourth-order valence-corrected chi connectivity index (χ4v) is 4.51. The summed E-state index contributed by atoms with van der Waals surface area (Å²) < 4.78 is 7.86. The number of rotatable bonds is 5. The number of carbonyl (C=O) groups excluding carboxylic acids is 2. The van der Waals surface area contributed by atoms with Gasteiger partial charge in [0.1, 0.15) is 23.1 Å². The smallest absolute Gasteiger partial charge is 0.271 e. The molecule has 2 amide bonds. The molecule has 35 heavy (non-hydrogen) atoms. The van der Waals surface area contributed by atoms with Gasteiger partial charge in [0.15, 0.2) is 0 Å². The summed E-state index contributed by atoms with van der Waals surface area (Å²) in [6, 6.07) is 16.8. The molecule has 1 aliphatic rings. The van der Waals surface area contributed by atoms with Crippen LogP contribution >= 0.6 is 15.9 Å². The van der Waals surface area contributed by atoms with E-state index in [0.717, 1.165) is 20.6 Å². The van der Waals surface area contributed by atoms with Gasteiger partial charge in [0, 0.05) is 28.9 Å². The first kappa shape index (κ1) is 24.2. The van der Waals surface area contributed by atoms with E-state index in [0.29, 0.717) is 22.6 Å². The van der Waals surface area contributed by atoms with Crippen molar-refractivity contribution in [3.63, 3.8) is 0 Å². The lowest BCUT2D eigenvalue weighted by Crippen LogP contribution is -2.46. The first-order valence-electron chi connectivity index (χ1n) is 11.0. The summed E-state index contributed by atoms with van der Waals surface area (Å²) >= 11 is 3.53. The quantitative estimate of drug-likeness (QED) is 0.329. The number of hydrogen-bond acceptors (Lipinski definition) is 5. The van der Waals surface area contributed by atoms with Crippen LogP contribution in [0.2, 0.25) is 0 Å². The van der Waals surface area contributed by atoms with Gasteiger partial charge in [-0.2, -0.15) is 10.4 Å². The van der Waals surface area contributed by atoms with E-state index in [2.05, 4.69) is 15.9 Å². The Hall–Kier alpha value is -3.96. The van der Waals surface area contributed by atoms with Crippen LogP contribution in [-0.4, -0.2) is 39.6 Å². The first-order valence-corrected chi connectivity index (χ1v) is 11.8. The second-order valence-electron chi connectivity index (χ2n) is 8.31. The SMILES string of the molecule is COc1ccc(-c2nn(-c3ccccc3)cc2/C=C2/C(=O)N(C(C)C)C(=O)C(C#N)=C2C)cc1Br. The van der Waals surface area contributed by atoms with Crippen molar-refractivity contribution >= 4 is 33.8 Å². The van der Waals surface area contributed by atoms with Crippen molar-refractivity contribution in [2.75, 3.05) is 7.11 Å². The number of benzene rings is 2. The van der Waals surface area contributed by atoms with Crippen LogP contribution in [0.4, 0.5) is 0 Å². The lowest BCUT2D eigenvalue weighted by Gasteiger charge is -2.30. The number of imide groups is 1. The molecule has 0 unspecified atom stereocenters. The van der Waals surface area contributed by atoms with Crippen molar-refractivity contribution in [1.29, 1.82) is 5.26 Å². The molecule has 2 heterocycles. The number of amides is 2. The number of nitriles is 1. The van der Waals surface area contributed by atoms with E-state index in [-0.39, 0.29) is 17.2 Å². The topological polar surface area (TPSA) is 88.2 Å². The molecule has 8 heteroatoms. The van der Waals surface area contributed by atoms with Gasteiger partial charge in [0.05, 0.1) is 17.3 Å². The fourth-order valence-electron chi connectivity index (χ4n) is 3.97. The molecule has 4 rings (SSSR count). The Labute approximate surface area is 212 Å². The zero-order valence-corrected chi connectivity index (χ0v) is 21.3. The highest BCUT2D eigenvalue weighted by atomic mass is 79.9. The number of ether oxygens (including phenoxy) is 1. The van der Waals surface area contributed by atoms with E-state index in [1.54, 1.807) is 38.6 Å². The number of para-hydroxylation sites is 1. The molecule has 0 fully saturated rings. The van der Waals surface area contributed by atoms with Crippen molar-refractivity contribution in [3.05, 3.63) is 81.5 Å². The second-order valence-corrected chi connectivity index (χ2v) is 9.16. The van der Waals surface area contributed by atoms with Crippen LogP contribution in [0.3, 0.4) is 0 Å². The molecule has 2 aromatic carbocycles. The normalized spacial score (nSPS) is 15.2. The lowest BCUT2D eigenvalue weighted by atomic mass is 9.92. The molecule has 0 bridgehead atoms. The summed E-state index contributed by atoms with van der Waals surface area (Å²) in [6.45, 7) is 5.12. The average Bonchev–Trinajstić information content (AvgIpc) is 3.26. The lowest BCUT2D eigenvalue weighted by molar-refractivity contribution is -0.142. The third-order valence-corrected chi connectivity index (χ3v) is 6.40. The predicted molar refractivity (Wildman–Crippen MR) is 137 cm³/mol. The molecular formula is C27H23BrN4O3. The van der Waals surface area contributed by atoms with E-state index in [1.165, 1.54) is 0 Å². The second kappa shape index (κ2) is 9.72. The summed E-state index contributed by atoms with van der Waals surface area (Å²) in [5.74, 6) is -0.320. The molecule has 0 N–H and O–H groups in total. The van der Waals surface area contributed by atoms with Crippen molar-refractivity contribution in [1.82, 2.24) is 14.7 Å². The van der Waals surface area contributed by atoms with Crippen molar-refractivity contribution in [2.45, 2.75) is 26.8 Å². The molecule has 0 atom stereocenters. The summed E-state index contributed by atoms with van der Waals surface area (Å²) in [6.07, 6.45) is 3.54. The Morgan fingerprint density at radius 2 is 1.83 bits per heavy atom. The number of hydrogen-bond donors (Lipinski definition) is 0. The van der Waals surface area contributed by atoms with E-state index in [9.17, 15) is 14.9 Å². The molecule has 0 saturated heterocycles. The predicted octanol–water partition coefficient (Wildman–Crippen LogP) is 5.31. The molecule has 0 spiro atoms. The summed E-state index contributed by atoms with van der Waals surface area (Å²) in [7, 11) is 1.60. The van der Waals surface area contributed by atoms with Crippen molar-refractivity contribution in [3.8, 4) is 28.8 Å². The summed E-state index contributed by atoms with van der Waals surface area (Å²) in [5.41, 5.74) is 3.57. The highest BCUT2D eigenvalue weighted by Gasteiger charge is 2.37.